The number of Topliss-reactive ketones (excluding diaryl/α,β-unsaturated/α-hetero) is 1. The second kappa shape index (κ2) is 12.6. The number of thiazole rings is 1. The first-order chi connectivity index (χ1) is 19.0. The molecule has 2 aliphatic rings. The van der Waals surface area contributed by atoms with Crippen LogP contribution >= 0.6 is 11.3 Å². The number of nitrogens with one attached hydrogen (secondary N) is 1. The van der Waals surface area contributed by atoms with E-state index in [1.54, 1.807) is 22.5 Å². The number of aromatic nitrogens is 4. The highest BCUT2D eigenvalue weighted by Gasteiger charge is 2.24. The summed E-state index contributed by atoms with van der Waals surface area (Å²) >= 11 is 1.38. The van der Waals surface area contributed by atoms with Gasteiger partial charge in [0.2, 0.25) is 0 Å². The van der Waals surface area contributed by atoms with E-state index < -0.39 is 11.9 Å². The molecule has 206 valence electrons. The number of pyridine rings is 1. The van der Waals surface area contributed by atoms with Gasteiger partial charge in [0.1, 0.15) is 10.7 Å². The molecule has 5 rings (SSSR count). The highest BCUT2D eigenvalue weighted by atomic mass is 32.1. The van der Waals surface area contributed by atoms with Gasteiger partial charge in [-0.2, -0.15) is 5.10 Å². The lowest BCUT2D eigenvalue weighted by molar-refractivity contribution is -0.137. The molecule has 0 aliphatic carbocycles. The molecule has 2 aliphatic heterocycles. The Hall–Kier alpha value is -3.48. The highest BCUT2D eigenvalue weighted by Crippen LogP contribution is 2.27. The van der Waals surface area contributed by atoms with Gasteiger partial charge in [0, 0.05) is 55.2 Å². The summed E-state index contributed by atoms with van der Waals surface area (Å²) in [5.74, 6) is -1.40. The molecule has 1 saturated heterocycles. The van der Waals surface area contributed by atoms with Crippen molar-refractivity contribution in [1.29, 1.82) is 0 Å². The summed E-state index contributed by atoms with van der Waals surface area (Å²) in [6, 6.07) is 3.95. The lowest BCUT2D eigenvalue weighted by atomic mass is 10.1. The number of amides is 1. The molecule has 39 heavy (non-hydrogen) atoms. The zero-order valence-electron chi connectivity index (χ0n) is 21.7. The largest absolute Gasteiger partial charge is 0.481 e. The predicted octanol–water partition coefficient (Wildman–Crippen LogP) is 3.69. The first kappa shape index (κ1) is 27.1. The molecule has 3 aromatic rings. The van der Waals surface area contributed by atoms with Gasteiger partial charge in [-0.15, -0.1) is 11.3 Å². The third-order valence-corrected chi connectivity index (χ3v) is 7.93. The fraction of sp³-hybridized carbons (Fsp3) is 0.481. The number of carboxylic acids is 1. The summed E-state index contributed by atoms with van der Waals surface area (Å²) < 4.78 is 7.25. The highest BCUT2D eigenvalue weighted by molar-refractivity contribution is 7.13. The molecule has 12 heteroatoms. The van der Waals surface area contributed by atoms with Crippen LogP contribution in [0, 0.1) is 0 Å². The van der Waals surface area contributed by atoms with E-state index in [-0.39, 0.29) is 36.1 Å². The zero-order chi connectivity index (χ0) is 27.2. The summed E-state index contributed by atoms with van der Waals surface area (Å²) in [6.45, 7) is 2.96. The van der Waals surface area contributed by atoms with Crippen LogP contribution in [0.15, 0.2) is 29.9 Å². The minimum atomic E-state index is -0.846. The van der Waals surface area contributed by atoms with E-state index in [0.717, 1.165) is 36.9 Å². The van der Waals surface area contributed by atoms with Crippen LogP contribution < -0.4 is 5.32 Å². The van der Waals surface area contributed by atoms with Crippen molar-refractivity contribution in [2.45, 2.75) is 51.0 Å². The van der Waals surface area contributed by atoms with Crippen molar-refractivity contribution in [2.75, 3.05) is 38.2 Å². The van der Waals surface area contributed by atoms with Crippen molar-refractivity contribution in [1.82, 2.24) is 24.6 Å². The fourth-order valence-electron chi connectivity index (χ4n) is 4.93. The maximum absolute atomic E-state index is 13.3. The summed E-state index contributed by atoms with van der Waals surface area (Å²) in [5, 5.41) is 19.1. The number of rotatable bonds is 4. The lowest BCUT2D eigenvalue weighted by Gasteiger charge is -2.22. The van der Waals surface area contributed by atoms with Crippen LogP contribution in [0.1, 0.15) is 71.2 Å². The third-order valence-electron chi connectivity index (χ3n) is 7.04. The molecule has 4 bridgehead atoms. The average molecular weight is 553 g/mol. The quantitative estimate of drug-likeness (QED) is 0.496. The van der Waals surface area contributed by atoms with Crippen LogP contribution in [0.3, 0.4) is 0 Å². The molecule has 0 atom stereocenters. The average Bonchev–Trinajstić information content (AvgIpc) is 3.60. The molecule has 11 nitrogen and oxygen atoms in total. The van der Waals surface area contributed by atoms with Gasteiger partial charge < -0.3 is 20.1 Å². The van der Waals surface area contributed by atoms with Crippen molar-refractivity contribution in [3.63, 3.8) is 0 Å². The topological polar surface area (TPSA) is 140 Å². The number of carbonyl (C=O) groups is 3. The monoisotopic (exact) mass is 552 g/mol. The van der Waals surface area contributed by atoms with E-state index in [0.29, 0.717) is 50.0 Å². The zero-order valence-corrected chi connectivity index (χ0v) is 22.5. The van der Waals surface area contributed by atoms with Gasteiger partial charge in [-0.3, -0.25) is 24.0 Å². The number of ether oxygens (including phenoxy) is 1. The Morgan fingerprint density at radius 2 is 1.97 bits per heavy atom. The van der Waals surface area contributed by atoms with Gasteiger partial charge in [-0.1, -0.05) is 0 Å². The Labute approximate surface area is 230 Å². The Kier molecular flexibility index (Phi) is 8.74. The maximum Gasteiger partial charge on any atom is 0.304 e. The third kappa shape index (κ3) is 6.94. The lowest BCUT2D eigenvalue weighted by Crippen LogP contribution is -2.29. The van der Waals surface area contributed by atoms with Gasteiger partial charge >= 0.3 is 5.97 Å². The van der Waals surface area contributed by atoms with Crippen molar-refractivity contribution < 1.29 is 24.2 Å². The molecule has 0 saturated carbocycles. The number of fused-ring (bicyclic) bond motifs is 6. The van der Waals surface area contributed by atoms with Crippen molar-refractivity contribution in [3.8, 4) is 10.6 Å². The number of anilines is 1. The summed E-state index contributed by atoms with van der Waals surface area (Å²) in [7, 11) is 0. The van der Waals surface area contributed by atoms with Gasteiger partial charge in [-0.05, 0) is 57.3 Å². The molecular weight excluding hydrogens is 520 g/mol. The number of hydrogen-bond acceptors (Lipinski definition) is 9. The first-order valence-electron chi connectivity index (χ1n) is 13.3. The van der Waals surface area contributed by atoms with Crippen molar-refractivity contribution >= 4 is 34.7 Å². The number of aryl methyl sites for hydroxylation is 1. The van der Waals surface area contributed by atoms with E-state index in [1.165, 1.54) is 11.3 Å². The van der Waals surface area contributed by atoms with Gasteiger partial charge in [0.05, 0.1) is 18.2 Å². The van der Waals surface area contributed by atoms with Crippen LogP contribution in [-0.2, 0) is 16.0 Å². The minimum Gasteiger partial charge on any atom is -0.481 e. The summed E-state index contributed by atoms with van der Waals surface area (Å²) in [6.07, 6.45) is 7.41. The fourth-order valence-corrected chi connectivity index (χ4v) is 5.72. The Bertz CT molecular complexity index is 1330. The Balaban J connectivity index is 1.44. The Morgan fingerprint density at radius 3 is 2.77 bits per heavy atom. The number of nitrogens with zero attached hydrogens (tertiary/aromatic N) is 5. The number of carbonyl (C=O) groups excluding carboxylic acids is 2. The molecule has 0 aromatic carbocycles. The van der Waals surface area contributed by atoms with E-state index in [2.05, 4.69) is 25.3 Å². The molecule has 0 unspecified atom stereocenters. The van der Waals surface area contributed by atoms with E-state index >= 15 is 0 Å². The van der Waals surface area contributed by atoms with Gasteiger partial charge in [-0.25, -0.2) is 4.98 Å². The summed E-state index contributed by atoms with van der Waals surface area (Å²) in [5.41, 5.74) is 2.69. The number of ketones is 1. The smallest absolute Gasteiger partial charge is 0.304 e. The normalized spacial score (nSPS) is 18.2. The molecule has 1 amide bonds. The number of hydrogen-bond donors (Lipinski definition) is 2. The molecule has 2 N–H and O–H groups in total. The molecule has 3 aromatic heterocycles. The van der Waals surface area contributed by atoms with Crippen LogP contribution in [-0.4, -0.2) is 80.3 Å². The standard InChI is InChI=1S/C27H32N6O5S/c34-23-4-2-11-32(12-6-24(35)36)10-1-3-19-15-18(5-9-28-19)27-30-22(17-39-27)26(37)29-21-16-33(31-25(21)23)20-7-13-38-14-8-20/h5,9,15-17,20H,1-4,6-8,10-14H2,(H,29,37)(H,35,36). The van der Waals surface area contributed by atoms with Gasteiger partial charge in [0.15, 0.2) is 11.5 Å². The van der Waals surface area contributed by atoms with E-state index in [1.807, 2.05) is 12.1 Å². The molecule has 0 radical (unpaired) electrons. The first-order valence-corrected chi connectivity index (χ1v) is 14.2. The number of aliphatic carboxylic acids is 1. The molecular formula is C27H32N6O5S. The van der Waals surface area contributed by atoms with Crippen LogP contribution in [0.4, 0.5) is 5.69 Å². The van der Waals surface area contributed by atoms with Crippen LogP contribution in [0.2, 0.25) is 0 Å². The van der Waals surface area contributed by atoms with E-state index in [9.17, 15) is 19.5 Å². The van der Waals surface area contributed by atoms with Crippen molar-refractivity contribution in [2.24, 2.45) is 0 Å². The van der Waals surface area contributed by atoms with Crippen LogP contribution in [0.5, 0.6) is 0 Å². The molecule has 5 heterocycles. The molecule has 0 spiro atoms. The minimum absolute atomic E-state index is 0.0414. The predicted molar refractivity (Wildman–Crippen MR) is 145 cm³/mol. The van der Waals surface area contributed by atoms with Crippen LogP contribution in [0.25, 0.3) is 10.6 Å². The SMILES string of the molecule is O=C(O)CCN1CCCC(=O)c2nn(C3CCOCC3)cc2NC(=O)c2csc(n2)-c2ccnc(c2)CCC1. The van der Waals surface area contributed by atoms with E-state index in [4.69, 9.17) is 4.74 Å². The second-order valence-electron chi connectivity index (χ2n) is 9.86. The van der Waals surface area contributed by atoms with Crippen molar-refractivity contribution in [3.05, 3.63) is 47.0 Å². The van der Waals surface area contributed by atoms with Gasteiger partial charge in [0.25, 0.3) is 5.91 Å². The second-order valence-corrected chi connectivity index (χ2v) is 10.7. The maximum atomic E-state index is 13.3. The Morgan fingerprint density at radius 1 is 1.18 bits per heavy atom. The molecule has 1 fully saturated rings. The summed E-state index contributed by atoms with van der Waals surface area (Å²) in [4.78, 5) is 48.8. The number of carboxylic acid groups (broad SMARTS) is 1.